The molecule has 76 valence electrons. The topological polar surface area (TPSA) is 43.4 Å². The number of hydrogen-bond donors (Lipinski definition) is 0. The second-order valence-electron chi connectivity index (χ2n) is 2.93. The van der Waals surface area contributed by atoms with E-state index in [0.717, 1.165) is 11.8 Å². The third-order valence-electron chi connectivity index (χ3n) is 1.88. The van der Waals surface area contributed by atoms with Gasteiger partial charge in [-0.25, -0.2) is 4.79 Å². The van der Waals surface area contributed by atoms with Gasteiger partial charge in [-0.1, -0.05) is 18.1 Å². The molecule has 0 saturated heterocycles. The van der Waals surface area contributed by atoms with Crippen LogP contribution in [0.15, 0.2) is 18.2 Å². The highest BCUT2D eigenvalue weighted by atomic mass is 16.5. The van der Waals surface area contributed by atoms with Gasteiger partial charge in [-0.05, 0) is 18.6 Å². The Morgan fingerprint density at radius 2 is 2.20 bits per heavy atom. The number of aldehydes is 1. The van der Waals surface area contributed by atoms with E-state index >= 15 is 0 Å². The predicted octanol–water partition coefficient (Wildman–Crippen LogP) is 1.33. The fourth-order valence-corrected chi connectivity index (χ4v) is 1.02. The van der Waals surface area contributed by atoms with Crippen LogP contribution in [-0.2, 0) is 9.53 Å². The summed E-state index contributed by atoms with van der Waals surface area (Å²) in [6.45, 7) is 1.86. The molecular weight excluding hydrogens is 192 g/mol. The molecule has 15 heavy (non-hydrogen) atoms. The van der Waals surface area contributed by atoms with Gasteiger partial charge in [-0.15, -0.1) is 0 Å². The normalized spacial score (nSPS) is 8.67. The zero-order valence-electron chi connectivity index (χ0n) is 8.53. The second kappa shape index (κ2) is 4.97. The third-order valence-corrected chi connectivity index (χ3v) is 1.88. The molecule has 0 aliphatic heterocycles. The van der Waals surface area contributed by atoms with E-state index in [1.54, 1.807) is 18.2 Å². The van der Waals surface area contributed by atoms with Crippen molar-refractivity contribution >= 4 is 12.3 Å². The molecule has 1 aromatic carbocycles. The van der Waals surface area contributed by atoms with E-state index in [0.29, 0.717) is 11.1 Å². The largest absolute Gasteiger partial charge is 0.459 e. The highest BCUT2D eigenvalue weighted by Gasteiger charge is 1.97. The van der Waals surface area contributed by atoms with Crippen LogP contribution in [0.3, 0.4) is 0 Å². The van der Waals surface area contributed by atoms with Crippen molar-refractivity contribution in [3.63, 3.8) is 0 Å². The van der Waals surface area contributed by atoms with Crippen LogP contribution in [-0.4, -0.2) is 19.4 Å². The van der Waals surface area contributed by atoms with Gasteiger partial charge in [0.05, 0.1) is 7.11 Å². The average Bonchev–Trinajstić information content (AvgIpc) is 2.27. The Morgan fingerprint density at radius 1 is 1.47 bits per heavy atom. The average molecular weight is 202 g/mol. The number of methoxy groups -OCH3 is 1. The van der Waals surface area contributed by atoms with Crippen molar-refractivity contribution in [1.29, 1.82) is 0 Å². The molecule has 3 heteroatoms. The Kier molecular flexibility index (Phi) is 3.64. The van der Waals surface area contributed by atoms with Gasteiger partial charge in [0, 0.05) is 17.0 Å². The van der Waals surface area contributed by atoms with Gasteiger partial charge in [0.25, 0.3) is 0 Å². The maximum atomic E-state index is 10.8. The summed E-state index contributed by atoms with van der Waals surface area (Å²) < 4.78 is 4.39. The smallest absolute Gasteiger partial charge is 0.384 e. The van der Waals surface area contributed by atoms with E-state index in [2.05, 4.69) is 16.6 Å². The van der Waals surface area contributed by atoms with Crippen LogP contribution >= 0.6 is 0 Å². The SMILES string of the molecule is COC(=O)C#Cc1cc(C=O)ccc1C. The molecule has 0 saturated carbocycles. The van der Waals surface area contributed by atoms with E-state index in [1.165, 1.54) is 7.11 Å². The van der Waals surface area contributed by atoms with Crippen LogP contribution < -0.4 is 0 Å². The van der Waals surface area contributed by atoms with E-state index in [4.69, 9.17) is 0 Å². The number of hydrogen-bond acceptors (Lipinski definition) is 3. The minimum Gasteiger partial charge on any atom is -0.459 e. The van der Waals surface area contributed by atoms with Crippen molar-refractivity contribution in [1.82, 2.24) is 0 Å². The lowest BCUT2D eigenvalue weighted by atomic mass is 10.1. The lowest BCUT2D eigenvalue weighted by Crippen LogP contribution is -1.95. The molecule has 3 nitrogen and oxygen atoms in total. The highest BCUT2D eigenvalue weighted by molar-refractivity contribution is 5.89. The van der Waals surface area contributed by atoms with Gasteiger partial charge in [0.2, 0.25) is 0 Å². The molecule has 0 radical (unpaired) electrons. The molecular formula is C12H10O3. The summed E-state index contributed by atoms with van der Waals surface area (Å²) in [4.78, 5) is 21.3. The van der Waals surface area contributed by atoms with Crippen molar-refractivity contribution < 1.29 is 14.3 Å². The lowest BCUT2D eigenvalue weighted by molar-refractivity contribution is -0.133. The van der Waals surface area contributed by atoms with Crippen molar-refractivity contribution in [2.45, 2.75) is 6.92 Å². The fourth-order valence-electron chi connectivity index (χ4n) is 1.02. The Morgan fingerprint density at radius 3 is 2.80 bits per heavy atom. The van der Waals surface area contributed by atoms with Crippen molar-refractivity contribution in [2.24, 2.45) is 0 Å². The molecule has 1 rings (SSSR count). The summed E-state index contributed by atoms with van der Waals surface area (Å²) >= 11 is 0. The van der Waals surface area contributed by atoms with Crippen molar-refractivity contribution in [3.05, 3.63) is 34.9 Å². The van der Waals surface area contributed by atoms with Gasteiger partial charge in [0.15, 0.2) is 0 Å². The maximum absolute atomic E-state index is 10.8. The van der Waals surface area contributed by atoms with Crippen LogP contribution in [0.4, 0.5) is 0 Å². The summed E-state index contributed by atoms with van der Waals surface area (Å²) in [5, 5.41) is 0. The third kappa shape index (κ3) is 2.96. The fraction of sp³-hybridized carbons (Fsp3) is 0.167. The summed E-state index contributed by atoms with van der Waals surface area (Å²) in [6, 6.07) is 5.12. The molecule has 0 aromatic heterocycles. The summed E-state index contributed by atoms with van der Waals surface area (Å²) in [5.74, 6) is 4.38. The van der Waals surface area contributed by atoms with Crippen LogP contribution in [0.1, 0.15) is 21.5 Å². The van der Waals surface area contributed by atoms with E-state index in [-0.39, 0.29) is 0 Å². The molecule has 0 heterocycles. The Hall–Kier alpha value is -2.08. The Bertz CT molecular complexity index is 450. The molecule has 0 aliphatic carbocycles. The first kappa shape index (κ1) is 11.0. The van der Waals surface area contributed by atoms with Gasteiger partial charge >= 0.3 is 5.97 Å². The monoisotopic (exact) mass is 202 g/mol. The number of carbonyl (C=O) groups excluding carboxylic acids is 2. The standard InChI is InChI=1S/C12H10O3/c1-9-3-4-10(8-13)7-11(9)5-6-12(14)15-2/h3-4,7-8H,1-2H3. The summed E-state index contributed by atoms with van der Waals surface area (Å²) in [7, 11) is 1.27. The van der Waals surface area contributed by atoms with E-state index in [1.807, 2.05) is 6.92 Å². The molecule has 0 aliphatic rings. The van der Waals surface area contributed by atoms with Gasteiger partial charge in [-0.3, -0.25) is 4.79 Å². The molecule has 0 unspecified atom stereocenters. The number of carbonyl (C=O) groups is 2. The lowest BCUT2D eigenvalue weighted by Gasteiger charge is -1.97. The first-order valence-corrected chi connectivity index (χ1v) is 4.33. The van der Waals surface area contributed by atoms with Crippen molar-refractivity contribution in [2.75, 3.05) is 7.11 Å². The second-order valence-corrected chi connectivity index (χ2v) is 2.93. The maximum Gasteiger partial charge on any atom is 0.384 e. The first-order chi connectivity index (χ1) is 7.17. The van der Waals surface area contributed by atoms with Crippen LogP contribution in [0.5, 0.6) is 0 Å². The number of rotatable bonds is 1. The van der Waals surface area contributed by atoms with Gasteiger partial charge in [-0.2, -0.15) is 0 Å². The highest BCUT2D eigenvalue weighted by Crippen LogP contribution is 2.08. The minimum atomic E-state index is -0.592. The number of aryl methyl sites for hydroxylation is 1. The summed E-state index contributed by atoms with van der Waals surface area (Å²) in [5.41, 5.74) is 2.11. The molecule has 0 fully saturated rings. The zero-order chi connectivity index (χ0) is 11.3. The summed E-state index contributed by atoms with van der Waals surface area (Å²) in [6.07, 6.45) is 0.739. The Balaban J connectivity index is 3.06. The Labute approximate surface area is 88.1 Å². The molecule has 0 bridgehead atoms. The van der Waals surface area contributed by atoms with Gasteiger partial charge in [0.1, 0.15) is 6.29 Å². The molecule has 0 amide bonds. The zero-order valence-corrected chi connectivity index (χ0v) is 8.53. The first-order valence-electron chi connectivity index (χ1n) is 4.33. The van der Waals surface area contributed by atoms with E-state index < -0.39 is 5.97 Å². The molecule has 1 aromatic rings. The number of esters is 1. The van der Waals surface area contributed by atoms with Crippen LogP contribution in [0.2, 0.25) is 0 Å². The quantitative estimate of drug-likeness (QED) is 0.392. The minimum absolute atomic E-state index is 0.537. The molecule has 0 atom stereocenters. The predicted molar refractivity (Wildman–Crippen MR) is 55.5 cm³/mol. The van der Waals surface area contributed by atoms with E-state index in [9.17, 15) is 9.59 Å². The van der Waals surface area contributed by atoms with Crippen molar-refractivity contribution in [3.8, 4) is 11.8 Å². The number of benzene rings is 1. The van der Waals surface area contributed by atoms with Crippen LogP contribution in [0, 0.1) is 18.8 Å². The van der Waals surface area contributed by atoms with Crippen LogP contribution in [0.25, 0.3) is 0 Å². The number of ether oxygens (including phenoxy) is 1. The molecule has 0 spiro atoms. The van der Waals surface area contributed by atoms with Gasteiger partial charge < -0.3 is 4.74 Å². The molecule has 0 N–H and O–H groups in total.